The normalized spacial score (nSPS) is 20.4. The summed E-state index contributed by atoms with van der Waals surface area (Å²) in [6, 6.07) is 16.8. The first-order chi connectivity index (χ1) is 34.8. The van der Waals surface area contributed by atoms with Crippen LogP contribution in [0.15, 0.2) is 88.5 Å². The van der Waals surface area contributed by atoms with Crippen molar-refractivity contribution in [3.05, 3.63) is 95.5 Å². The summed E-state index contributed by atoms with van der Waals surface area (Å²) in [5.41, 5.74) is 11.0. The van der Waals surface area contributed by atoms with Gasteiger partial charge in [-0.05, 0) is 86.9 Å². The van der Waals surface area contributed by atoms with Gasteiger partial charge in [0, 0.05) is 86.7 Å². The number of carbonyl (C=O) groups excluding carboxylic acids is 4. The van der Waals surface area contributed by atoms with E-state index in [9.17, 15) is 24.3 Å². The first kappa shape index (κ1) is 51.8. The number of hydrogen-bond donors (Lipinski definition) is 5. The Bertz CT molecular complexity index is 2770. The summed E-state index contributed by atoms with van der Waals surface area (Å²) in [6.45, 7) is 17.2. The van der Waals surface area contributed by atoms with Gasteiger partial charge in [0.05, 0.1) is 40.6 Å². The molecule has 5 aromatic rings. The number of nitrogens with zero attached hydrogens (tertiary/aromatic N) is 9. The van der Waals surface area contributed by atoms with Crippen LogP contribution in [0.4, 0.5) is 17.3 Å². The second-order valence-corrected chi connectivity index (χ2v) is 23.7. The molecule has 386 valence electrons. The number of aryl methyl sites for hydroxylation is 1. The van der Waals surface area contributed by atoms with Crippen molar-refractivity contribution < 1.29 is 24.3 Å². The largest absolute Gasteiger partial charge is 0.391 e. The summed E-state index contributed by atoms with van der Waals surface area (Å²) in [4.78, 5) is 78.7. The minimum atomic E-state index is -1.02. The molecule has 3 aromatic heterocycles. The van der Waals surface area contributed by atoms with Crippen molar-refractivity contribution in [1.82, 2.24) is 45.6 Å². The molecule has 9 rings (SSSR count). The molecule has 4 atom stereocenters. The average Bonchev–Trinajstić information content (AvgIpc) is 4.11. The van der Waals surface area contributed by atoms with Gasteiger partial charge in [0.1, 0.15) is 22.9 Å². The highest BCUT2D eigenvalue weighted by atomic mass is 32.2. The molecule has 18 nitrogen and oxygen atoms in total. The third-order valence-electron chi connectivity index (χ3n) is 14.6. The molecule has 0 bridgehead atoms. The quantitative estimate of drug-likeness (QED) is 0.0849. The summed E-state index contributed by atoms with van der Waals surface area (Å²) in [6.07, 6.45) is 5.98. The van der Waals surface area contributed by atoms with Gasteiger partial charge in [0.25, 0.3) is 5.91 Å². The van der Waals surface area contributed by atoms with Gasteiger partial charge in [-0.2, -0.15) is 0 Å². The Balaban J connectivity index is 0.721. The number of nitrogens with one attached hydrogen (secondary N) is 3. The van der Waals surface area contributed by atoms with Crippen LogP contribution in [0, 0.1) is 17.8 Å². The lowest BCUT2D eigenvalue weighted by molar-refractivity contribution is -0.142. The van der Waals surface area contributed by atoms with Crippen LogP contribution in [-0.4, -0.2) is 140 Å². The third kappa shape index (κ3) is 12.3. The molecule has 2 aromatic carbocycles. The Morgan fingerprint density at radius 2 is 1.66 bits per heavy atom. The number of carbonyl (C=O) groups is 4. The predicted molar refractivity (Wildman–Crippen MR) is 283 cm³/mol. The van der Waals surface area contributed by atoms with Crippen molar-refractivity contribution in [2.45, 2.75) is 113 Å². The van der Waals surface area contributed by atoms with Gasteiger partial charge in [0.15, 0.2) is 11.5 Å². The minimum Gasteiger partial charge on any atom is -0.391 e. The number of thiazole rings is 1. The van der Waals surface area contributed by atoms with E-state index < -0.39 is 35.4 Å². The number of rotatable bonds is 15. The maximum absolute atomic E-state index is 14.3. The van der Waals surface area contributed by atoms with Crippen LogP contribution >= 0.6 is 23.1 Å². The minimum absolute atomic E-state index is 0.0339. The van der Waals surface area contributed by atoms with Crippen molar-refractivity contribution in [2.24, 2.45) is 16.6 Å². The number of piperidine rings is 1. The number of nitrogens with two attached hydrogens (primary N) is 1. The monoisotopic (exact) mass is 1030 g/mol. The third-order valence-corrected chi connectivity index (χ3v) is 16.5. The zero-order valence-electron chi connectivity index (χ0n) is 42.5. The fraction of sp³-hybridized carbons (Fsp3) is 0.491. The molecule has 0 saturated carbocycles. The molecule has 4 aliphatic heterocycles. The number of aromatic nitrogens is 5. The lowest BCUT2D eigenvalue weighted by atomic mass is 9.79. The van der Waals surface area contributed by atoms with Crippen LogP contribution < -0.4 is 31.5 Å². The number of anilines is 3. The summed E-state index contributed by atoms with van der Waals surface area (Å²) >= 11 is 3.08. The van der Waals surface area contributed by atoms with E-state index in [2.05, 4.69) is 62.7 Å². The smallest absolute Gasteiger partial charge is 0.272 e. The molecule has 4 fully saturated rings. The number of amides is 4. The Morgan fingerprint density at radius 1 is 0.904 bits per heavy atom. The maximum Gasteiger partial charge on any atom is 0.272 e. The van der Waals surface area contributed by atoms with E-state index in [1.807, 2.05) is 94.9 Å². The zero-order valence-corrected chi connectivity index (χ0v) is 44.1. The molecule has 4 aliphatic rings. The molecule has 6 N–H and O–H groups in total. The van der Waals surface area contributed by atoms with Crippen LogP contribution in [0.5, 0.6) is 0 Å². The Hall–Kier alpha value is -6.06. The van der Waals surface area contributed by atoms with Crippen LogP contribution in [0.1, 0.15) is 94.5 Å². The SMILES string of the molecule is Cc1ncsc1-c1ccc([C@H](C)NC(=O)[C@@H]2C[C@@H](O)CN2C(=O)[C@@H](NC(=O)c2ccc(N3CCC4(CN(CCC(=O)Nc5cccc(Sc6cnc(N7CCC(C)(N)CC7)cn6)c5)C4)C3)nn2)C(C)(C)C)cc1. The van der Waals surface area contributed by atoms with Crippen LogP contribution in [0.2, 0.25) is 0 Å². The summed E-state index contributed by atoms with van der Waals surface area (Å²) in [7, 11) is 0. The molecule has 20 heteroatoms. The molecule has 73 heavy (non-hydrogen) atoms. The first-order valence-electron chi connectivity index (χ1n) is 25.2. The number of aliphatic hydroxyl groups is 1. The maximum atomic E-state index is 14.3. The number of hydrogen-bond acceptors (Lipinski definition) is 16. The van der Waals surface area contributed by atoms with E-state index in [4.69, 9.17) is 5.73 Å². The highest BCUT2D eigenvalue weighted by Crippen LogP contribution is 2.41. The molecule has 4 saturated heterocycles. The molecular weight excluding hydrogens is 963 g/mol. The van der Waals surface area contributed by atoms with Crippen LogP contribution in [0.25, 0.3) is 10.4 Å². The van der Waals surface area contributed by atoms with Crippen molar-refractivity contribution in [3.8, 4) is 10.4 Å². The highest BCUT2D eigenvalue weighted by molar-refractivity contribution is 7.99. The van der Waals surface area contributed by atoms with Crippen LogP contribution in [-0.2, 0) is 14.4 Å². The second-order valence-electron chi connectivity index (χ2n) is 21.7. The summed E-state index contributed by atoms with van der Waals surface area (Å²) in [5, 5.41) is 29.2. The Kier molecular flexibility index (Phi) is 15.2. The van der Waals surface area contributed by atoms with Gasteiger partial charge in [0.2, 0.25) is 17.7 Å². The summed E-state index contributed by atoms with van der Waals surface area (Å²) in [5.74, 6) is 0.0842. The van der Waals surface area contributed by atoms with Gasteiger partial charge in [-0.15, -0.1) is 21.5 Å². The van der Waals surface area contributed by atoms with E-state index in [0.29, 0.717) is 18.8 Å². The topological polar surface area (TPSA) is 228 Å². The number of aliphatic hydroxyl groups excluding tert-OH is 1. The van der Waals surface area contributed by atoms with Gasteiger partial charge >= 0.3 is 0 Å². The van der Waals surface area contributed by atoms with E-state index in [-0.39, 0.29) is 47.5 Å². The van der Waals surface area contributed by atoms with E-state index in [1.165, 1.54) is 16.7 Å². The lowest BCUT2D eigenvalue weighted by Gasteiger charge is -2.48. The molecule has 0 unspecified atom stereocenters. The van der Waals surface area contributed by atoms with E-state index >= 15 is 0 Å². The average molecular weight is 1030 g/mol. The Labute approximate surface area is 435 Å². The first-order valence-corrected chi connectivity index (χ1v) is 26.8. The van der Waals surface area contributed by atoms with Gasteiger partial charge < -0.3 is 46.4 Å². The van der Waals surface area contributed by atoms with E-state index in [0.717, 1.165) is 102 Å². The fourth-order valence-electron chi connectivity index (χ4n) is 10.3. The predicted octanol–water partition coefficient (Wildman–Crippen LogP) is 5.69. The summed E-state index contributed by atoms with van der Waals surface area (Å²) < 4.78 is 0. The zero-order chi connectivity index (χ0) is 51.7. The van der Waals surface area contributed by atoms with Gasteiger partial charge in [-0.3, -0.25) is 19.2 Å². The Morgan fingerprint density at radius 3 is 2.33 bits per heavy atom. The molecule has 0 radical (unpaired) electrons. The molecule has 4 amide bonds. The molecular formula is C53H67N13O5S2. The number of β-amino-alcohol motifs (C(OH)–C–C–N with tert-alkyl or cyclic N) is 1. The van der Waals surface area contributed by atoms with Crippen molar-refractivity contribution >= 4 is 64.1 Å². The molecule has 7 heterocycles. The van der Waals surface area contributed by atoms with Crippen molar-refractivity contribution in [3.63, 3.8) is 0 Å². The van der Waals surface area contributed by atoms with Crippen molar-refractivity contribution in [1.29, 1.82) is 0 Å². The lowest BCUT2D eigenvalue weighted by Crippen LogP contribution is -2.58. The highest BCUT2D eigenvalue weighted by Gasteiger charge is 2.48. The fourth-order valence-corrected chi connectivity index (χ4v) is 11.9. The standard InChI is InChI=1S/C53H67N13O5S2/c1-33(35-10-12-36(13-11-35)46-34(2)57-32-72-46)58-49(70)41-25-38(67)28-66(41)50(71)47(51(3,4)5)60-48(69)40-14-15-42(62-61-40)65-23-19-53(31-65)29-63(30-53)20-16-44(68)59-37-8-7-9-39(24-37)73-45-27-55-43(26-56-45)64-21-17-52(6,54)18-22-64/h7-15,24,26-27,32-33,38,41,47,67H,16-23,25,28-31,54H2,1-6H3,(H,58,70)(H,59,68)(H,60,69)/t33-,38+,41-,47+/m0/s1. The van der Waals surface area contributed by atoms with E-state index in [1.54, 1.807) is 29.7 Å². The van der Waals surface area contributed by atoms with Crippen molar-refractivity contribution in [2.75, 3.05) is 67.5 Å². The molecule has 0 aliphatic carbocycles. The van der Waals surface area contributed by atoms with Crippen LogP contribution in [0.3, 0.4) is 0 Å². The number of benzene rings is 2. The molecule has 1 spiro atoms. The van der Waals surface area contributed by atoms with Gasteiger partial charge in [-0.1, -0.05) is 62.9 Å². The number of likely N-dealkylation sites (tertiary alicyclic amines) is 2. The second kappa shape index (κ2) is 21.4. The van der Waals surface area contributed by atoms with Gasteiger partial charge in [-0.25, -0.2) is 15.0 Å².